The topological polar surface area (TPSA) is 38.7 Å². The third kappa shape index (κ3) is 3.35. The summed E-state index contributed by atoms with van der Waals surface area (Å²) in [7, 11) is 0. The SMILES string of the molecule is CC[C@H]1OC(O)[C@H](OCc2ccccc2)[C@@H](C)[C@@H]1C. The van der Waals surface area contributed by atoms with E-state index in [0.717, 1.165) is 12.0 Å². The van der Waals surface area contributed by atoms with Gasteiger partial charge in [0.1, 0.15) is 6.10 Å². The van der Waals surface area contributed by atoms with Crippen molar-refractivity contribution in [1.29, 1.82) is 0 Å². The third-order valence-corrected chi connectivity index (χ3v) is 4.22. The Morgan fingerprint density at radius 1 is 1.16 bits per heavy atom. The van der Waals surface area contributed by atoms with Crippen molar-refractivity contribution in [2.45, 2.75) is 52.3 Å². The summed E-state index contributed by atoms with van der Waals surface area (Å²) in [6, 6.07) is 10.0. The molecule has 2 rings (SSSR count). The Morgan fingerprint density at radius 2 is 1.84 bits per heavy atom. The monoisotopic (exact) mass is 264 g/mol. The van der Waals surface area contributed by atoms with Crippen molar-refractivity contribution in [3.63, 3.8) is 0 Å². The molecule has 1 aliphatic rings. The molecular formula is C16H24O3. The number of aliphatic hydroxyl groups is 1. The van der Waals surface area contributed by atoms with Crippen LogP contribution in [0.1, 0.15) is 32.8 Å². The van der Waals surface area contributed by atoms with Crippen LogP contribution in [0, 0.1) is 11.8 Å². The Hall–Kier alpha value is -0.900. The molecule has 3 nitrogen and oxygen atoms in total. The van der Waals surface area contributed by atoms with Gasteiger partial charge in [0.15, 0.2) is 6.29 Å². The zero-order valence-electron chi connectivity index (χ0n) is 12.0. The van der Waals surface area contributed by atoms with E-state index in [9.17, 15) is 5.11 Å². The van der Waals surface area contributed by atoms with Crippen molar-refractivity contribution >= 4 is 0 Å². The van der Waals surface area contributed by atoms with Gasteiger partial charge in [0, 0.05) is 0 Å². The molecule has 0 radical (unpaired) electrons. The highest BCUT2D eigenvalue weighted by atomic mass is 16.6. The molecule has 1 aromatic carbocycles. The van der Waals surface area contributed by atoms with Crippen molar-refractivity contribution in [3.05, 3.63) is 35.9 Å². The van der Waals surface area contributed by atoms with E-state index in [1.54, 1.807) is 0 Å². The molecule has 1 saturated heterocycles. The van der Waals surface area contributed by atoms with Crippen LogP contribution >= 0.6 is 0 Å². The standard InChI is InChI=1S/C16H24O3/c1-4-14-11(2)12(3)15(16(17)19-14)18-10-13-8-6-5-7-9-13/h5-9,11-12,14-17H,4,10H2,1-3H3/t11-,12-,14+,15+,16?/m0/s1. The van der Waals surface area contributed by atoms with Crippen LogP contribution in [-0.4, -0.2) is 23.6 Å². The molecule has 1 fully saturated rings. The summed E-state index contributed by atoms with van der Waals surface area (Å²) in [4.78, 5) is 0. The lowest BCUT2D eigenvalue weighted by Crippen LogP contribution is -2.50. The highest BCUT2D eigenvalue weighted by Gasteiger charge is 2.40. The van der Waals surface area contributed by atoms with Gasteiger partial charge < -0.3 is 14.6 Å². The van der Waals surface area contributed by atoms with E-state index >= 15 is 0 Å². The Bertz CT molecular complexity index is 379. The van der Waals surface area contributed by atoms with Gasteiger partial charge in [-0.1, -0.05) is 51.1 Å². The fourth-order valence-electron chi connectivity index (χ4n) is 2.75. The van der Waals surface area contributed by atoms with Gasteiger partial charge in [-0.25, -0.2) is 0 Å². The first-order valence-electron chi connectivity index (χ1n) is 7.12. The smallest absolute Gasteiger partial charge is 0.181 e. The lowest BCUT2D eigenvalue weighted by molar-refractivity contribution is -0.264. The highest BCUT2D eigenvalue weighted by molar-refractivity contribution is 5.13. The molecule has 0 bridgehead atoms. The summed E-state index contributed by atoms with van der Waals surface area (Å²) in [6.07, 6.45) is -0.0204. The Labute approximate surface area is 115 Å². The summed E-state index contributed by atoms with van der Waals surface area (Å²) in [5, 5.41) is 10.1. The number of hydrogen-bond acceptors (Lipinski definition) is 3. The molecule has 1 aromatic rings. The first kappa shape index (κ1) is 14.5. The summed E-state index contributed by atoms with van der Waals surface area (Å²) in [5.41, 5.74) is 1.12. The molecule has 5 atom stereocenters. The van der Waals surface area contributed by atoms with Gasteiger partial charge in [-0.05, 0) is 23.8 Å². The highest BCUT2D eigenvalue weighted by Crippen LogP contribution is 2.33. The molecule has 1 heterocycles. The second-order valence-corrected chi connectivity index (χ2v) is 5.45. The van der Waals surface area contributed by atoms with E-state index in [0.29, 0.717) is 12.5 Å². The molecular weight excluding hydrogens is 240 g/mol. The molecule has 0 aromatic heterocycles. The van der Waals surface area contributed by atoms with E-state index in [1.807, 2.05) is 30.3 Å². The van der Waals surface area contributed by atoms with Crippen LogP contribution in [-0.2, 0) is 16.1 Å². The summed E-state index contributed by atoms with van der Waals surface area (Å²) < 4.78 is 11.5. The van der Waals surface area contributed by atoms with Crippen LogP contribution in [0.5, 0.6) is 0 Å². The maximum absolute atomic E-state index is 10.1. The van der Waals surface area contributed by atoms with Crippen LogP contribution in [0.2, 0.25) is 0 Å². The summed E-state index contributed by atoms with van der Waals surface area (Å²) in [6.45, 7) is 6.91. The van der Waals surface area contributed by atoms with Crippen molar-refractivity contribution in [1.82, 2.24) is 0 Å². The van der Waals surface area contributed by atoms with Gasteiger partial charge in [0.2, 0.25) is 0 Å². The van der Waals surface area contributed by atoms with Crippen LogP contribution in [0.15, 0.2) is 30.3 Å². The number of benzene rings is 1. The molecule has 0 amide bonds. The molecule has 0 aliphatic carbocycles. The molecule has 3 heteroatoms. The molecule has 106 valence electrons. The minimum Gasteiger partial charge on any atom is -0.368 e. The number of ether oxygens (including phenoxy) is 2. The minimum absolute atomic E-state index is 0.126. The van der Waals surface area contributed by atoms with Crippen molar-refractivity contribution < 1.29 is 14.6 Å². The largest absolute Gasteiger partial charge is 0.368 e. The van der Waals surface area contributed by atoms with E-state index in [-0.39, 0.29) is 18.1 Å². The number of hydrogen-bond donors (Lipinski definition) is 1. The Kier molecular flexibility index (Phi) is 4.97. The Balaban J connectivity index is 1.96. The van der Waals surface area contributed by atoms with Crippen molar-refractivity contribution in [2.75, 3.05) is 0 Å². The normalized spacial score (nSPS) is 35.3. The number of rotatable bonds is 4. The lowest BCUT2D eigenvalue weighted by Gasteiger charge is -2.42. The van der Waals surface area contributed by atoms with Gasteiger partial charge in [0.25, 0.3) is 0 Å². The second kappa shape index (κ2) is 6.51. The first-order valence-corrected chi connectivity index (χ1v) is 7.12. The minimum atomic E-state index is -0.820. The van der Waals surface area contributed by atoms with E-state index in [4.69, 9.17) is 9.47 Å². The third-order valence-electron chi connectivity index (χ3n) is 4.22. The van der Waals surface area contributed by atoms with Gasteiger partial charge >= 0.3 is 0 Å². The zero-order chi connectivity index (χ0) is 13.8. The second-order valence-electron chi connectivity index (χ2n) is 5.45. The molecule has 1 N–H and O–H groups in total. The molecule has 19 heavy (non-hydrogen) atoms. The average Bonchev–Trinajstić information content (AvgIpc) is 2.44. The van der Waals surface area contributed by atoms with Crippen LogP contribution < -0.4 is 0 Å². The molecule has 1 aliphatic heterocycles. The van der Waals surface area contributed by atoms with Crippen molar-refractivity contribution in [3.8, 4) is 0 Å². The van der Waals surface area contributed by atoms with Crippen molar-refractivity contribution in [2.24, 2.45) is 11.8 Å². The van der Waals surface area contributed by atoms with E-state index < -0.39 is 6.29 Å². The van der Waals surface area contributed by atoms with E-state index in [1.165, 1.54) is 0 Å². The quantitative estimate of drug-likeness (QED) is 0.908. The fourth-order valence-corrected chi connectivity index (χ4v) is 2.75. The fraction of sp³-hybridized carbons (Fsp3) is 0.625. The molecule has 0 spiro atoms. The van der Waals surface area contributed by atoms with E-state index in [2.05, 4.69) is 20.8 Å². The zero-order valence-corrected chi connectivity index (χ0v) is 12.0. The van der Waals surface area contributed by atoms with Gasteiger partial charge in [0.05, 0.1) is 12.7 Å². The lowest BCUT2D eigenvalue weighted by atomic mass is 9.82. The molecule has 0 saturated carbocycles. The predicted molar refractivity (Wildman–Crippen MR) is 74.5 cm³/mol. The maximum Gasteiger partial charge on any atom is 0.181 e. The number of aliphatic hydroxyl groups excluding tert-OH is 1. The summed E-state index contributed by atoms with van der Waals surface area (Å²) in [5.74, 6) is 0.687. The summed E-state index contributed by atoms with van der Waals surface area (Å²) >= 11 is 0. The first-order chi connectivity index (χ1) is 9.13. The maximum atomic E-state index is 10.1. The van der Waals surface area contributed by atoms with Gasteiger partial charge in [-0.15, -0.1) is 0 Å². The Morgan fingerprint density at radius 3 is 2.47 bits per heavy atom. The van der Waals surface area contributed by atoms with Crippen LogP contribution in [0.3, 0.4) is 0 Å². The van der Waals surface area contributed by atoms with Crippen LogP contribution in [0.4, 0.5) is 0 Å². The van der Waals surface area contributed by atoms with Gasteiger partial charge in [-0.2, -0.15) is 0 Å². The predicted octanol–water partition coefficient (Wildman–Crippen LogP) is 2.97. The van der Waals surface area contributed by atoms with Gasteiger partial charge in [-0.3, -0.25) is 0 Å². The molecule has 1 unspecified atom stereocenters. The average molecular weight is 264 g/mol. The van der Waals surface area contributed by atoms with Crippen LogP contribution in [0.25, 0.3) is 0 Å².